The van der Waals surface area contributed by atoms with Crippen molar-refractivity contribution in [3.05, 3.63) is 23.3 Å². The van der Waals surface area contributed by atoms with Crippen molar-refractivity contribution in [2.45, 2.75) is 33.1 Å². The number of carboxylic acid groups (broad SMARTS) is 1. The van der Waals surface area contributed by atoms with Crippen LogP contribution < -0.4 is 9.47 Å². The molecule has 1 aromatic carbocycles. The van der Waals surface area contributed by atoms with E-state index in [1.807, 2.05) is 6.92 Å². The summed E-state index contributed by atoms with van der Waals surface area (Å²) >= 11 is 0. The standard InChI is InChI=1S/C15H20O5/c1-5-19-12-7-10(14(17)18)11(15(3,4)9-16)8-13(12)20-6-2/h7-9H,5-6H2,1-4H3,(H,17,18). The van der Waals surface area contributed by atoms with Crippen molar-refractivity contribution < 1.29 is 24.2 Å². The van der Waals surface area contributed by atoms with Crippen LogP contribution in [0.4, 0.5) is 0 Å². The molecule has 1 N–H and O–H groups in total. The highest BCUT2D eigenvalue weighted by atomic mass is 16.5. The molecule has 5 nitrogen and oxygen atoms in total. The maximum absolute atomic E-state index is 11.4. The van der Waals surface area contributed by atoms with Crippen molar-refractivity contribution in [1.82, 2.24) is 0 Å². The Balaban J connectivity index is 3.52. The van der Waals surface area contributed by atoms with Gasteiger partial charge < -0.3 is 19.4 Å². The number of benzene rings is 1. The summed E-state index contributed by atoms with van der Waals surface area (Å²) in [6.07, 6.45) is 0.727. The fourth-order valence-corrected chi connectivity index (χ4v) is 1.87. The van der Waals surface area contributed by atoms with Gasteiger partial charge in [-0.2, -0.15) is 0 Å². The number of rotatable bonds is 7. The molecule has 0 saturated carbocycles. The average molecular weight is 280 g/mol. The Morgan fingerprint density at radius 1 is 1.20 bits per heavy atom. The van der Waals surface area contributed by atoms with Gasteiger partial charge in [0.15, 0.2) is 11.5 Å². The Morgan fingerprint density at radius 2 is 1.70 bits per heavy atom. The minimum atomic E-state index is -1.10. The summed E-state index contributed by atoms with van der Waals surface area (Å²) in [5.41, 5.74) is -0.453. The molecule has 0 aliphatic rings. The Labute approximate surface area is 118 Å². The quantitative estimate of drug-likeness (QED) is 0.777. The minimum Gasteiger partial charge on any atom is -0.490 e. The lowest BCUT2D eigenvalue weighted by Gasteiger charge is -2.22. The Kier molecular flexibility index (Phi) is 5.13. The van der Waals surface area contributed by atoms with Crippen LogP contribution in [0.1, 0.15) is 43.6 Å². The van der Waals surface area contributed by atoms with Crippen LogP contribution in [0.5, 0.6) is 11.5 Å². The molecule has 0 unspecified atom stereocenters. The number of carboxylic acids is 1. The van der Waals surface area contributed by atoms with E-state index >= 15 is 0 Å². The molecule has 110 valence electrons. The van der Waals surface area contributed by atoms with Crippen LogP contribution in [0.3, 0.4) is 0 Å². The van der Waals surface area contributed by atoms with Crippen molar-refractivity contribution in [2.24, 2.45) is 0 Å². The van der Waals surface area contributed by atoms with E-state index in [4.69, 9.17) is 9.47 Å². The van der Waals surface area contributed by atoms with Gasteiger partial charge in [-0.3, -0.25) is 0 Å². The zero-order chi connectivity index (χ0) is 15.3. The second-order valence-corrected chi connectivity index (χ2v) is 4.86. The normalized spacial score (nSPS) is 11.0. The van der Waals surface area contributed by atoms with Crippen molar-refractivity contribution in [3.63, 3.8) is 0 Å². The summed E-state index contributed by atoms with van der Waals surface area (Å²) in [7, 11) is 0. The first-order valence-corrected chi connectivity index (χ1v) is 6.51. The summed E-state index contributed by atoms with van der Waals surface area (Å²) < 4.78 is 10.9. The van der Waals surface area contributed by atoms with E-state index in [-0.39, 0.29) is 5.56 Å². The first kappa shape index (κ1) is 16.0. The molecule has 20 heavy (non-hydrogen) atoms. The second kappa shape index (κ2) is 6.41. The maximum Gasteiger partial charge on any atom is 0.336 e. The molecule has 0 fully saturated rings. The number of carbonyl (C=O) groups is 2. The molecular formula is C15H20O5. The van der Waals surface area contributed by atoms with Gasteiger partial charge >= 0.3 is 5.97 Å². The highest BCUT2D eigenvalue weighted by Crippen LogP contribution is 2.36. The lowest BCUT2D eigenvalue weighted by Crippen LogP contribution is -2.23. The summed E-state index contributed by atoms with van der Waals surface area (Å²) in [5, 5.41) is 9.33. The zero-order valence-corrected chi connectivity index (χ0v) is 12.2. The predicted octanol–water partition coefficient (Wildman–Crippen LogP) is 2.66. The van der Waals surface area contributed by atoms with E-state index in [1.54, 1.807) is 26.8 Å². The van der Waals surface area contributed by atoms with Gasteiger partial charge in [-0.05, 0) is 45.4 Å². The summed E-state index contributed by atoms with van der Waals surface area (Å²) in [6.45, 7) is 7.78. The van der Waals surface area contributed by atoms with E-state index in [0.717, 1.165) is 6.29 Å². The van der Waals surface area contributed by atoms with Crippen LogP contribution in [0.15, 0.2) is 12.1 Å². The molecule has 1 rings (SSSR count). The summed E-state index contributed by atoms with van der Waals surface area (Å²) in [6, 6.07) is 2.99. The third-order valence-corrected chi connectivity index (χ3v) is 2.90. The molecule has 0 aliphatic heterocycles. The molecule has 0 bridgehead atoms. The van der Waals surface area contributed by atoms with Gasteiger partial charge in [0.1, 0.15) is 6.29 Å². The maximum atomic E-state index is 11.4. The number of ether oxygens (including phenoxy) is 2. The first-order valence-electron chi connectivity index (χ1n) is 6.51. The van der Waals surface area contributed by atoms with E-state index in [9.17, 15) is 14.7 Å². The summed E-state index contributed by atoms with van der Waals surface area (Å²) in [4.78, 5) is 22.6. The SMILES string of the molecule is CCOc1cc(C(=O)O)c(C(C)(C)C=O)cc1OCC. The Morgan fingerprint density at radius 3 is 2.10 bits per heavy atom. The monoisotopic (exact) mass is 280 g/mol. The molecule has 0 saturated heterocycles. The van der Waals surface area contributed by atoms with Crippen LogP contribution in [-0.4, -0.2) is 30.6 Å². The first-order chi connectivity index (χ1) is 9.37. The average Bonchev–Trinajstić information content (AvgIpc) is 2.40. The predicted molar refractivity (Wildman–Crippen MR) is 74.8 cm³/mol. The number of hydrogen-bond acceptors (Lipinski definition) is 4. The molecule has 0 atom stereocenters. The van der Waals surface area contributed by atoms with E-state index in [0.29, 0.717) is 30.3 Å². The molecule has 0 amide bonds. The Bertz CT molecular complexity index is 505. The van der Waals surface area contributed by atoms with Gasteiger partial charge in [0.25, 0.3) is 0 Å². The third-order valence-electron chi connectivity index (χ3n) is 2.90. The highest BCUT2D eigenvalue weighted by molar-refractivity contribution is 5.92. The fraction of sp³-hybridized carbons (Fsp3) is 0.467. The topological polar surface area (TPSA) is 72.8 Å². The van der Waals surface area contributed by atoms with Gasteiger partial charge in [-0.1, -0.05) is 0 Å². The van der Waals surface area contributed by atoms with Crippen molar-refractivity contribution in [2.75, 3.05) is 13.2 Å². The van der Waals surface area contributed by atoms with Crippen LogP contribution >= 0.6 is 0 Å². The van der Waals surface area contributed by atoms with Gasteiger partial charge in [-0.25, -0.2) is 4.79 Å². The second-order valence-electron chi connectivity index (χ2n) is 4.86. The van der Waals surface area contributed by atoms with Gasteiger partial charge in [-0.15, -0.1) is 0 Å². The number of carbonyl (C=O) groups excluding carboxylic acids is 1. The van der Waals surface area contributed by atoms with Crippen molar-refractivity contribution in [3.8, 4) is 11.5 Å². The van der Waals surface area contributed by atoms with E-state index < -0.39 is 11.4 Å². The third kappa shape index (κ3) is 3.29. The van der Waals surface area contributed by atoms with Gasteiger partial charge in [0.2, 0.25) is 0 Å². The lowest BCUT2D eigenvalue weighted by molar-refractivity contribution is -0.111. The molecule has 0 spiro atoms. The smallest absolute Gasteiger partial charge is 0.336 e. The number of hydrogen-bond donors (Lipinski definition) is 1. The van der Waals surface area contributed by atoms with Crippen molar-refractivity contribution >= 4 is 12.3 Å². The Hall–Kier alpha value is -2.04. The zero-order valence-electron chi connectivity index (χ0n) is 12.2. The molecule has 1 aromatic rings. The van der Waals surface area contributed by atoms with Crippen LogP contribution in [0.25, 0.3) is 0 Å². The molecule has 0 heterocycles. The highest BCUT2D eigenvalue weighted by Gasteiger charge is 2.28. The molecule has 5 heteroatoms. The number of aldehydes is 1. The number of aromatic carboxylic acids is 1. The largest absolute Gasteiger partial charge is 0.490 e. The van der Waals surface area contributed by atoms with E-state index in [1.165, 1.54) is 6.07 Å². The minimum absolute atomic E-state index is 0.0500. The van der Waals surface area contributed by atoms with Crippen LogP contribution in [-0.2, 0) is 10.2 Å². The molecule has 0 radical (unpaired) electrons. The van der Waals surface area contributed by atoms with Crippen LogP contribution in [0, 0.1) is 0 Å². The molecular weight excluding hydrogens is 260 g/mol. The fourth-order valence-electron chi connectivity index (χ4n) is 1.87. The van der Waals surface area contributed by atoms with E-state index in [2.05, 4.69) is 0 Å². The summed E-state index contributed by atoms with van der Waals surface area (Å²) in [5.74, 6) is -0.277. The lowest BCUT2D eigenvalue weighted by atomic mass is 9.83. The molecule has 0 aliphatic carbocycles. The van der Waals surface area contributed by atoms with Crippen LogP contribution in [0.2, 0.25) is 0 Å². The molecule has 0 aromatic heterocycles. The van der Waals surface area contributed by atoms with Crippen molar-refractivity contribution in [1.29, 1.82) is 0 Å². The van der Waals surface area contributed by atoms with Gasteiger partial charge in [0.05, 0.1) is 18.8 Å². The van der Waals surface area contributed by atoms with Gasteiger partial charge in [0, 0.05) is 5.41 Å².